The van der Waals surface area contributed by atoms with E-state index in [0.29, 0.717) is 23.8 Å². The van der Waals surface area contributed by atoms with Gasteiger partial charge in [-0.3, -0.25) is 4.79 Å². The van der Waals surface area contributed by atoms with Gasteiger partial charge < -0.3 is 19.5 Å². The summed E-state index contributed by atoms with van der Waals surface area (Å²) in [7, 11) is 4.65. The van der Waals surface area contributed by atoms with Gasteiger partial charge in [0.25, 0.3) is 0 Å². The van der Waals surface area contributed by atoms with Gasteiger partial charge in [0, 0.05) is 18.2 Å². The molecule has 1 aromatic carbocycles. The van der Waals surface area contributed by atoms with E-state index in [1.807, 2.05) is 0 Å². The predicted octanol–water partition coefficient (Wildman–Crippen LogP) is 1.96. The number of hydrogen-bond donors (Lipinski definition) is 1. The van der Waals surface area contributed by atoms with Crippen molar-refractivity contribution in [3.8, 4) is 17.2 Å². The van der Waals surface area contributed by atoms with Gasteiger partial charge in [-0.1, -0.05) is 0 Å². The molecular weight excluding hydrogens is 270 g/mol. The van der Waals surface area contributed by atoms with Crippen LogP contribution >= 0.6 is 11.6 Å². The lowest BCUT2D eigenvalue weighted by Crippen LogP contribution is -2.29. The van der Waals surface area contributed by atoms with E-state index in [9.17, 15) is 4.79 Å². The van der Waals surface area contributed by atoms with Gasteiger partial charge >= 0.3 is 0 Å². The Balaban J connectivity index is 2.95. The molecule has 0 fully saturated rings. The van der Waals surface area contributed by atoms with Crippen LogP contribution in [0.5, 0.6) is 17.2 Å². The third-order valence-corrected chi connectivity index (χ3v) is 2.80. The van der Waals surface area contributed by atoms with Crippen LogP contribution in [0.1, 0.15) is 12.5 Å². The highest BCUT2D eigenvalue weighted by Gasteiger charge is 2.14. The second-order valence-corrected chi connectivity index (χ2v) is 4.51. The smallest absolute Gasteiger partial charge is 0.238 e. The van der Waals surface area contributed by atoms with Crippen LogP contribution in [-0.4, -0.2) is 32.6 Å². The molecule has 0 heterocycles. The lowest BCUT2D eigenvalue weighted by atomic mass is 10.1. The van der Waals surface area contributed by atoms with Crippen molar-refractivity contribution in [1.29, 1.82) is 0 Å². The first-order valence-corrected chi connectivity index (χ1v) is 6.17. The van der Waals surface area contributed by atoms with E-state index >= 15 is 0 Å². The fourth-order valence-corrected chi connectivity index (χ4v) is 1.63. The van der Waals surface area contributed by atoms with Gasteiger partial charge in [0.05, 0.1) is 21.3 Å². The number of halogens is 1. The van der Waals surface area contributed by atoms with Crippen molar-refractivity contribution in [2.45, 2.75) is 18.8 Å². The van der Waals surface area contributed by atoms with Crippen LogP contribution in [-0.2, 0) is 11.3 Å². The zero-order chi connectivity index (χ0) is 14.4. The zero-order valence-electron chi connectivity index (χ0n) is 11.5. The molecule has 0 bridgehead atoms. The molecule has 0 saturated heterocycles. The maximum atomic E-state index is 11.5. The molecule has 0 saturated carbocycles. The lowest BCUT2D eigenvalue weighted by Gasteiger charge is -2.14. The van der Waals surface area contributed by atoms with Crippen molar-refractivity contribution < 1.29 is 19.0 Å². The Morgan fingerprint density at radius 1 is 1.16 bits per heavy atom. The van der Waals surface area contributed by atoms with Crippen LogP contribution in [0.3, 0.4) is 0 Å². The fourth-order valence-electron chi connectivity index (χ4n) is 1.55. The van der Waals surface area contributed by atoms with Crippen molar-refractivity contribution in [2.24, 2.45) is 0 Å². The first kappa shape index (κ1) is 15.4. The number of ether oxygens (including phenoxy) is 3. The molecule has 0 spiro atoms. The normalized spacial score (nSPS) is 11.6. The van der Waals surface area contributed by atoms with Crippen LogP contribution in [0.4, 0.5) is 0 Å². The second-order valence-electron chi connectivity index (χ2n) is 3.85. The zero-order valence-corrected chi connectivity index (χ0v) is 12.2. The summed E-state index contributed by atoms with van der Waals surface area (Å²) in [5.74, 6) is 1.52. The number of carbonyl (C=O) groups is 1. The van der Waals surface area contributed by atoms with E-state index in [-0.39, 0.29) is 5.91 Å². The van der Waals surface area contributed by atoms with Gasteiger partial charge in [0.1, 0.15) is 11.1 Å². The Labute approximate surface area is 117 Å². The molecule has 1 unspecified atom stereocenters. The molecule has 6 heteroatoms. The summed E-state index contributed by atoms with van der Waals surface area (Å²) in [6.45, 7) is 1.92. The fraction of sp³-hybridized carbons (Fsp3) is 0.462. The summed E-state index contributed by atoms with van der Waals surface area (Å²) in [6.07, 6.45) is 0. The highest BCUT2D eigenvalue weighted by atomic mass is 35.5. The summed E-state index contributed by atoms with van der Waals surface area (Å²) in [5.41, 5.74) is 0.783. The van der Waals surface area contributed by atoms with E-state index in [2.05, 4.69) is 5.32 Å². The summed E-state index contributed by atoms with van der Waals surface area (Å²) in [6, 6.07) is 3.47. The number of methoxy groups -OCH3 is 3. The molecule has 1 aromatic rings. The Hall–Kier alpha value is -1.62. The number of rotatable bonds is 6. The third kappa shape index (κ3) is 3.92. The van der Waals surface area contributed by atoms with Gasteiger partial charge in [0.2, 0.25) is 5.91 Å². The van der Waals surface area contributed by atoms with Gasteiger partial charge in [-0.2, -0.15) is 0 Å². The van der Waals surface area contributed by atoms with E-state index in [0.717, 1.165) is 5.56 Å². The Morgan fingerprint density at radius 3 is 2.16 bits per heavy atom. The standard InChI is InChI=1S/C13H18ClNO4/c1-8(14)13(16)15-7-9-5-11(18-3)12(19-4)6-10(9)17-2/h5-6,8H,7H2,1-4H3,(H,15,16). The van der Waals surface area contributed by atoms with E-state index in [1.54, 1.807) is 40.4 Å². The Morgan fingerprint density at radius 2 is 1.68 bits per heavy atom. The van der Waals surface area contributed by atoms with Crippen molar-refractivity contribution in [3.63, 3.8) is 0 Å². The van der Waals surface area contributed by atoms with Crippen LogP contribution in [0.2, 0.25) is 0 Å². The molecule has 106 valence electrons. The van der Waals surface area contributed by atoms with Gasteiger partial charge in [0.15, 0.2) is 11.5 Å². The highest BCUT2D eigenvalue weighted by Crippen LogP contribution is 2.34. The SMILES string of the molecule is COc1cc(OC)c(OC)cc1CNC(=O)C(C)Cl. The molecule has 0 aromatic heterocycles. The summed E-state index contributed by atoms with van der Waals surface area (Å²) >= 11 is 5.69. The van der Waals surface area contributed by atoms with Gasteiger partial charge in [-0.05, 0) is 13.0 Å². The molecule has 0 radical (unpaired) electrons. The lowest BCUT2D eigenvalue weighted by molar-refractivity contribution is -0.120. The van der Waals surface area contributed by atoms with E-state index in [1.165, 1.54) is 0 Å². The number of hydrogen-bond acceptors (Lipinski definition) is 4. The van der Waals surface area contributed by atoms with Crippen molar-refractivity contribution >= 4 is 17.5 Å². The molecule has 5 nitrogen and oxygen atoms in total. The van der Waals surface area contributed by atoms with Crippen molar-refractivity contribution in [1.82, 2.24) is 5.32 Å². The van der Waals surface area contributed by atoms with Crippen LogP contribution in [0.15, 0.2) is 12.1 Å². The monoisotopic (exact) mass is 287 g/mol. The first-order valence-electron chi connectivity index (χ1n) is 5.74. The van der Waals surface area contributed by atoms with Gasteiger partial charge in [-0.25, -0.2) is 0 Å². The predicted molar refractivity (Wildman–Crippen MR) is 73.3 cm³/mol. The van der Waals surface area contributed by atoms with Crippen LogP contribution < -0.4 is 19.5 Å². The minimum absolute atomic E-state index is 0.237. The van der Waals surface area contributed by atoms with Crippen molar-refractivity contribution in [3.05, 3.63) is 17.7 Å². The molecule has 0 aliphatic carbocycles. The van der Waals surface area contributed by atoms with E-state index < -0.39 is 5.38 Å². The molecule has 1 atom stereocenters. The molecule has 19 heavy (non-hydrogen) atoms. The Bertz CT molecular complexity index is 449. The number of nitrogens with one attached hydrogen (secondary N) is 1. The largest absolute Gasteiger partial charge is 0.496 e. The Kier molecular flexibility index (Phi) is 5.76. The summed E-state index contributed by atoms with van der Waals surface area (Å²) < 4.78 is 15.7. The van der Waals surface area contributed by atoms with E-state index in [4.69, 9.17) is 25.8 Å². The highest BCUT2D eigenvalue weighted by molar-refractivity contribution is 6.30. The van der Waals surface area contributed by atoms with Crippen LogP contribution in [0.25, 0.3) is 0 Å². The van der Waals surface area contributed by atoms with Crippen LogP contribution in [0, 0.1) is 0 Å². The number of alkyl halides is 1. The van der Waals surface area contributed by atoms with Gasteiger partial charge in [-0.15, -0.1) is 11.6 Å². The number of amides is 1. The summed E-state index contributed by atoms with van der Waals surface area (Å²) in [4.78, 5) is 11.5. The van der Waals surface area contributed by atoms with Crippen molar-refractivity contribution in [2.75, 3.05) is 21.3 Å². The molecule has 0 aliphatic rings. The number of benzene rings is 1. The third-order valence-electron chi connectivity index (χ3n) is 2.60. The maximum absolute atomic E-state index is 11.5. The maximum Gasteiger partial charge on any atom is 0.238 e. The average molecular weight is 288 g/mol. The average Bonchev–Trinajstić information content (AvgIpc) is 2.43. The summed E-state index contributed by atoms with van der Waals surface area (Å²) in [5, 5.41) is 2.14. The topological polar surface area (TPSA) is 56.8 Å². The molecule has 1 amide bonds. The minimum Gasteiger partial charge on any atom is -0.496 e. The quantitative estimate of drug-likeness (QED) is 0.813. The molecular formula is C13H18ClNO4. The first-order chi connectivity index (χ1) is 9.03. The molecule has 0 aliphatic heterocycles. The number of carbonyl (C=O) groups excluding carboxylic acids is 1. The molecule has 1 rings (SSSR count). The molecule has 1 N–H and O–H groups in total. The minimum atomic E-state index is -0.578. The second kappa shape index (κ2) is 7.09.